The van der Waals surface area contributed by atoms with Crippen LogP contribution in [0.1, 0.15) is 29.4 Å². The topological polar surface area (TPSA) is 59.2 Å². The Morgan fingerprint density at radius 1 is 1.59 bits per heavy atom. The molecule has 1 aromatic rings. The molecule has 2 atom stereocenters. The first-order valence-corrected chi connectivity index (χ1v) is 6.06. The largest absolute Gasteiger partial charge is 0.337 e. The summed E-state index contributed by atoms with van der Waals surface area (Å²) in [5, 5.41) is 0. The van der Waals surface area contributed by atoms with Gasteiger partial charge >= 0.3 is 0 Å². The van der Waals surface area contributed by atoms with Gasteiger partial charge in [-0.25, -0.2) is 0 Å². The van der Waals surface area contributed by atoms with Gasteiger partial charge in [-0.1, -0.05) is 6.92 Å². The van der Waals surface area contributed by atoms with Gasteiger partial charge in [-0.05, 0) is 31.4 Å². The predicted molar refractivity (Wildman–Crippen MR) is 66.6 cm³/mol. The van der Waals surface area contributed by atoms with Crippen molar-refractivity contribution in [2.75, 3.05) is 13.1 Å². The maximum absolute atomic E-state index is 12.3. The Kier molecular flexibility index (Phi) is 3.43. The SMILES string of the molecule is Cc1ncccc1C(=O)N1CCC(C)C(N)C1. The Morgan fingerprint density at radius 2 is 2.35 bits per heavy atom. The summed E-state index contributed by atoms with van der Waals surface area (Å²) in [6, 6.07) is 3.71. The molecule has 0 aliphatic carbocycles. The van der Waals surface area contributed by atoms with E-state index in [1.54, 1.807) is 12.3 Å². The summed E-state index contributed by atoms with van der Waals surface area (Å²) in [4.78, 5) is 18.3. The number of hydrogen-bond acceptors (Lipinski definition) is 3. The second-order valence-corrected chi connectivity index (χ2v) is 4.82. The summed E-state index contributed by atoms with van der Waals surface area (Å²) in [5.74, 6) is 0.548. The lowest BCUT2D eigenvalue weighted by molar-refractivity contribution is 0.0671. The van der Waals surface area contributed by atoms with E-state index in [2.05, 4.69) is 11.9 Å². The number of nitrogens with zero attached hydrogens (tertiary/aromatic N) is 2. The van der Waals surface area contributed by atoms with Crippen LogP contribution < -0.4 is 5.73 Å². The molecule has 1 aliphatic rings. The number of amides is 1. The van der Waals surface area contributed by atoms with Crippen LogP contribution in [0.4, 0.5) is 0 Å². The lowest BCUT2D eigenvalue weighted by Crippen LogP contribution is -2.49. The first kappa shape index (κ1) is 12.0. The van der Waals surface area contributed by atoms with E-state index >= 15 is 0 Å². The van der Waals surface area contributed by atoms with Crippen LogP contribution in [0.2, 0.25) is 0 Å². The van der Waals surface area contributed by atoms with Crippen molar-refractivity contribution in [3.8, 4) is 0 Å². The molecule has 2 heterocycles. The zero-order valence-corrected chi connectivity index (χ0v) is 10.4. The van der Waals surface area contributed by atoms with Gasteiger partial charge in [0.1, 0.15) is 0 Å². The van der Waals surface area contributed by atoms with Gasteiger partial charge in [0.15, 0.2) is 0 Å². The molecule has 0 aromatic carbocycles. The summed E-state index contributed by atoms with van der Waals surface area (Å²) in [5.41, 5.74) is 7.48. The predicted octanol–water partition coefficient (Wildman–Crippen LogP) is 1.20. The van der Waals surface area contributed by atoms with Crippen LogP contribution in [0.5, 0.6) is 0 Å². The van der Waals surface area contributed by atoms with Gasteiger partial charge in [0, 0.05) is 31.0 Å². The Hall–Kier alpha value is -1.42. The van der Waals surface area contributed by atoms with Gasteiger partial charge in [-0.2, -0.15) is 0 Å². The zero-order valence-electron chi connectivity index (χ0n) is 10.4. The number of nitrogens with two attached hydrogens (primary N) is 1. The van der Waals surface area contributed by atoms with Crippen molar-refractivity contribution in [2.45, 2.75) is 26.3 Å². The maximum atomic E-state index is 12.3. The quantitative estimate of drug-likeness (QED) is 0.793. The van der Waals surface area contributed by atoms with E-state index in [0.29, 0.717) is 18.0 Å². The van der Waals surface area contributed by atoms with Crippen LogP contribution in [-0.4, -0.2) is 34.9 Å². The molecule has 0 radical (unpaired) electrons. The third kappa shape index (κ3) is 2.47. The van der Waals surface area contributed by atoms with Gasteiger partial charge in [0.2, 0.25) is 0 Å². The van der Waals surface area contributed by atoms with E-state index in [9.17, 15) is 4.79 Å². The van der Waals surface area contributed by atoms with Crippen LogP contribution in [-0.2, 0) is 0 Å². The maximum Gasteiger partial charge on any atom is 0.255 e. The highest BCUT2D eigenvalue weighted by Gasteiger charge is 2.27. The van der Waals surface area contributed by atoms with E-state index in [4.69, 9.17) is 5.73 Å². The van der Waals surface area contributed by atoms with Crippen molar-refractivity contribution in [1.82, 2.24) is 9.88 Å². The number of carbonyl (C=O) groups excluding carboxylic acids is 1. The van der Waals surface area contributed by atoms with Crippen LogP contribution in [0.15, 0.2) is 18.3 Å². The normalized spacial score (nSPS) is 24.8. The lowest BCUT2D eigenvalue weighted by atomic mass is 9.94. The van der Waals surface area contributed by atoms with Crippen LogP contribution >= 0.6 is 0 Å². The zero-order chi connectivity index (χ0) is 12.4. The molecule has 17 heavy (non-hydrogen) atoms. The van der Waals surface area contributed by atoms with Crippen molar-refractivity contribution in [3.63, 3.8) is 0 Å². The minimum atomic E-state index is 0.0537. The molecule has 0 saturated carbocycles. The minimum absolute atomic E-state index is 0.0537. The van der Waals surface area contributed by atoms with E-state index < -0.39 is 0 Å². The number of piperidine rings is 1. The number of rotatable bonds is 1. The number of pyridine rings is 1. The molecule has 2 unspecified atom stereocenters. The number of carbonyl (C=O) groups is 1. The molecule has 1 aliphatic heterocycles. The average Bonchev–Trinajstić information content (AvgIpc) is 2.32. The molecule has 1 saturated heterocycles. The highest BCUT2D eigenvalue weighted by atomic mass is 16.2. The molecule has 1 aromatic heterocycles. The first-order valence-electron chi connectivity index (χ1n) is 6.06. The van der Waals surface area contributed by atoms with Gasteiger partial charge < -0.3 is 10.6 Å². The fourth-order valence-corrected chi connectivity index (χ4v) is 2.16. The Balaban J connectivity index is 2.14. The van der Waals surface area contributed by atoms with Gasteiger partial charge in [-0.15, -0.1) is 0 Å². The van der Waals surface area contributed by atoms with E-state index in [-0.39, 0.29) is 11.9 Å². The summed E-state index contributed by atoms with van der Waals surface area (Å²) < 4.78 is 0. The summed E-state index contributed by atoms with van der Waals surface area (Å²) >= 11 is 0. The second kappa shape index (κ2) is 4.84. The van der Waals surface area contributed by atoms with Crippen molar-refractivity contribution in [3.05, 3.63) is 29.6 Å². The standard InChI is InChI=1S/C13H19N3O/c1-9-5-7-16(8-12(9)14)13(17)11-4-3-6-15-10(11)2/h3-4,6,9,12H,5,7-8,14H2,1-2H3. The fourth-order valence-electron chi connectivity index (χ4n) is 2.16. The van der Waals surface area contributed by atoms with Crippen LogP contribution in [0.3, 0.4) is 0 Å². The number of aryl methyl sites for hydroxylation is 1. The van der Waals surface area contributed by atoms with Crippen LogP contribution in [0.25, 0.3) is 0 Å². The van der Waals surface area contributed by atoms with Crippen molar-refractivity contribution in [2.24, 2.45) is 11.7 Å². The van der Waals surface area contributed by atoms with E-state index in [0.717, 1.165) is 18.7 Å². The fraction of sp³-hybridized carbons (Fsp3) is 0.538. The van der Waals surface area contributed by atoms with Gasteiger partial charge in [-0.3, -0.25) is 9.78 Å². The third-order valence-corrected chi connectivity index (χ3v) is 3.54. The monoisotopic (exact) mass is 233 g/mol. The lowest BCUT2D eigenvalue weighted by Gasteiger charge is -2.35. The highest BCUT2D eigenvalue weighted by Crippen LogP contribution is 2.18. The van der Waals surface area contributed by atoms with E-state index in [1.165, 1.54) is 0 Å². The number of hydrogen-bond donors (Lipinski definition) is 1. The number of likely N-dealkylation sites (tertiary alicyclic amines) is 1. The second-order valence-electron chi connectivity index (χ2n) is 4.82. The molecular weight excluding hydrogens is 214 g/mol. The summed E-state index contributed by atoms with van der Waals surface area (Å²) in [6.07, 6.45) is 2.68. The Morgan fingerprint density at radius 3 is 3.00 bits per heavy atom. The molecular formula is C13H19N3O. The highest BCUT2D eigenvalue weighted by molar-refractivity contribution is 5.95. The molecule has 0 bridgehead atoms. The van der Waals surface area contributed by atoms with Gasteiger partial charge in [0.25, 0.3) is 5.91 Å². The number of aromatic nitrogens is 1. The smallest absolute Gasteiger partial charge is 0.255 e. The van der Waals surface area contributed by atoms with E-state index in [1.807, 2.05) is 17.9 Å². The minimum Gasteiger partial charge on any atom is -0.337 e. The Bertz CT molecular complexity index is 419. The average molecular weight is 233 g/mol. The van der Waals surface area contributed by atoms with Crippen LogP contribution in [0, 0.1) is 12.8 Å². The molecule has 2 rings (SSSR count). The van der Waals surface area contributed by atoms with Crippen molar-refractivity contribution in [1.29, 1.82) is 0 Å². The molecule has 1 amide bonds. The Labute approximate surface area is 102 Å². The summed E-state index contributed by atoms with van der Waals surface area (Å²) in [6.45, 7) is 5.44. The molecule has 4 heteroatoms. The first-order chi connectivity index (χ1) is 8.09. The molecule has 4 nitrogen and oxygen atoms in total. The third-order valence-electron chi connectivity index (χ3n) is 3.54. The molecule has 2 N–H and O–H groups in total. The molecule has 0 spiro atoms. The van der Waals surface area contributed by atoms with Crippen molar-refractivity contribution >= 4 is 5.91 Å². The molecule has 92 valence electrons. The van der Waals surface area contributed by atoms with Crippen molar-refractivity contribution < 1.29 is 4.79 Å². The summed E-state index contributed by atoms with van der Waals surface area (Å²) in [7, 11) is 0. The van der Waals surface area contributed by atoms with Gasteiger partial charge in [0.05, 0.1) is 5.56 Å². The molecule has 1 fully saturated rings.